The quantitative estimate of drug-likeness (QED) is 0.620. The highest BCUT2D eigenvalue weighted by Crippen LogP contribution is 2.47. The number of hydrogen-bond acceptors (Lipinski definition) is 5. The van der Waals surface area contributed by atoms with Crippen LogP contribution in [0.2, 0.25) is 0 Å². The molecule has 31 heavy (non-hydrogen) atoms. The highest BCUT2D eigenvalue weighted by Gasteiger charge is 2.41. The van der Waals surface area contributed by atoms with Crippen LogP contribution in [-0.2, 0) is 10.0 Å². The predicted octanol–water partition coefficient (Wildman–Crippen LogP) is 2.52. The summed E-state index contributed by atoms with van der Waals surface area (Å²) in [7, 11) is -3.67. The fourth-order valence-electron chi connectivity index (χ4n) is 5.03. The van der Waals surface area contributed by atoms with Gasteiger partial charge in [-0.15, -0.1) is 0 Å². The molecule has 6 nitrogen and oxygen atoms in total. The first-order chi connectivity index (χ1) is 15.1. The van der Waals surface area contributed by atoms with Crippen molar-refractivity contribution in [2.24, 2.45) is 0 Å². The average molecular weight is 438 g/mol. The minimum atomic E-state index is -3.67. The van der Waals surface area contributed by atoms with Crippen LogP contribution in [0.4, 0.5) is 0 Å². The van der Waals surface area contributed by atoms with E-state index < -0.39 is 10.0 Å². The van der Waals surface area contributed by atoms with Crippen molar-refractivity contribution in [3.05, 3.63) is 77.9 Å². The minimum absolute atomic E-state index is 0.0594. The second-order valence-corrected chi connectivity index (χ2v) is 9.96. The van der Waals surface area contributed by atoms with Gasteiger partial charge in [0.05, 0.1) is 23.6 Å². The molecular formula is C24H27N3O3S. The van der Waals surface area contributed by atoms with E-state index in [1.54, 1.807) is 24.3 Å². The molecule has 0 unspecified atom stereocenters. The zero-order valence-electron chi connectivity index (χ0n) is 17.3. The van der Waals surface area contributed by atoms with Crippen molar-refractivity contribution in [2.45, 2.75) is 17.0 Å². The zero-order valence-corrected chi connectivity index (χ0v) is 18.1. The summed E-state index contributed by atoms with van der Waals surface area (Å²) < 4.78 is 29.6. The lowest BCUT2D eigenvalue weighted by atomic mass is 10.0. The minimum Gasteiger partial charge on any atom is -0.395 e. The monoisotopic (exact) mass is 437 g/mol. The van der Waals surface area contributed by atoms with Crippen LogP contribution in [-0.4, -0.2) is 62.7 Å². The Morgan fingerprint density at radius 2 is 1.55 bits per heavy atom. The van der Waals surface area contributed by atoms with Crippen molar-refractivity contribution in [1.29, 1.82) is 0 Å². The van der Waals surface area contributed by atoms with Gasteiger partial charge >= 0.3 is 0 Å². The maximum atomic E-state index is 13.3. The standard InChI is InChI=1S/C24H27N3O3S/c28-17-16-26-12-14-27(15-13-26)24-21-11-5-7-18-6-4-10-20(22(18)21)23(24)25-31(29,30)19-8-2-1-3-9-19/h1-11,23-25,28H,12-17H2/t23-,24-/m1/s1. The number of sulfonamides is 1. The number of aliphatic hydroxyl groups excluding tert-OH is 1. The fraction of sp³-hybridized carbons (Fsp3) is 0.333. The van der Waals surface area contributed by atoms with Gasteiger partial charge in [0.15, 0.2) is 0 Å². The van der Waals surface area contributed by atoms with E-state index in [1.807, 2.05) is 18.2 Å². The number of aliphatic hydroxyl groups is 1. The lowest BCUT2D eigenvalue weighted by Gasteiger charge is -2.40. The van der Waals surface area contributed by atoms with Gasteiger partial charge < -0.3 is 5.11 Å². The Kier molecular flexibility index (Phi) is 5.54. The summed E-state index contributed by atoms with van der Waals surface area (Å²) in [6.45, 7) is 4.23. The van der Waals surface area contributed by atoms with Gasteiger partial charge in [-0.3, -0.25) is 9.80 Å². The molecule has 0 spiro atoms. The Hall–Kier alpha value is -2.29. The molecule has 162 valence electrons. The second kappa shape index (κ2) is 8.33. The van der Waals surface area contributed by atoms with Gasteiger partial charge in [-0.05, 0) is 34.0 Å². The molecule has 0 aromatic heterocycles. The summed E-state index contributed by atoms with van der Waals surface area (Å²) in [4.78, 5) is 4.92. The van der Waals surface area contributed by atoms with Gasteiger partial charge in [0.1, 0.15) is 0 Å². The molecule has 2 N–H and O–H groups in total. The number of nitrogens with one attached hydrogen (secondary N) is 1. The first kappa shape index (κ1) is 20.6. The molecule has 1 heterocycles. The maximum Gasteiger partial charge on any atom is 0.241 e. The fourth-order valence-corrected chi connectivity index (χ4v) is 6.27. The van der Waals surface area contributed by atoms with Gasteiger partial charge in [0.2, 0.25) is 10.0 Å². The Labute approximate surface area is 183 Å². The van der Waals surface area contributed by atoms with Crippen molar-refractivity contribution in [1.82, 2.24) is 14.5 Å². The Bertz CT molecular complexity index is 1170. The summed E-state index contributed by atoms with van der Waals surface area (Å²) in [5.74, 6) is 0. The summed E-state index contributed by atoms with van der Waals surface area (Å²) >= 11 is 0. The topological polar surface area (TPSA) is 72.9 Å². The average Bonchev–Trinajstić information content (AvgIpc) is 3.10. The number of benzene rings is 3. The molecule has 1 saturated heterocycles. The third-order valence-electron chi connectivity index (χ3n) is 6.49. The third-order valence-corrected chi connectivity index (χ3v) is 7.95. The van der Waals surface area contributed by atoms with E-state index in [-0.39, 0.29) is 23.6 Å². The van der Waals surface area contributed by atoms with Gasteiger partial charge in [0.25, 0.3) is 0 Å². The molecular weight excluding hydrogens is 410 g/mol. The van der Waals surface area contributed by atoms with Crippen LogP contribution in [0, 0.1) is 0 Å². The van der Waals surface area contributed by atoms with Crippen molar-refractivity contribution in [3.8, 4) is 0 Å². The number of nitrogens with zero attached hydrogens (tertiary/aromatic N) is 2. The number of rotatable bonds is 6. The Morgan fingerprint density at radius 3 is 2.23 bits per heavy atom. The van der Waals surface area contributed by atoms with E-state index >= 15 is 0 Å². The number of piperazine rings is 1. The van der Waals surface area contributed by atoms with E-state index in [0.717, 1.165) is 42.5 Å². The van der Waals surface area contributed by atoms with E-state index in [4.69, 9.17) is 0 Å². The SMILES string of the molecule is O=S(=O)(N[C@@H]1c2cccc3cccc(c23)[C@H]1N1CCN(CCO)CC1)c1ccccc1. The predicted molar refractivity (Wildman–Crippen MR) is 121 cm³/mol. The second-order valence-electron chi connectivity index (χ2n) is 8.25. The molecule has 2 aliphatic rings. The van der Waals surface area contributed by atoms with Crippen LogP contribution in [0.3, 0.4) is 0 Å². The van der Waals surface area contributed by atoms with E-state index in [9.17, 15) is 13.5 Å². The Morgan fingerprint density at radius 1 is 0.871 bits per heavy atom. The lowest BCUT2D eigenvalue weighted by molar-refractivity contribution is 0.0743. The van der Waals surface area contributed by atoms with Crippen molar-refractivity contribution < 1.29 is 13.5 Å². The van der Waals surface area contributed by atoms with Crippen molar-refractivity contribution >= 4 is 20.8 Å². The number of hydrogen-bond donors (Lipinski definition) is 2. The summed E-state index contributed by atoms with van der Waals surface area (Å²) in [5, 5.41) is 11.6. The highest BCUT2D eigenvalue weighted by atomic mass is 32.2. The zero-order chi connectivity index (χ0) is 21.4. The largest absolute Gasteiger partial charge is 0.395 e. The Balaban J connectivity index is 1.53. The molecule has 1 aliphatic heterocycles. The molecule has 3 aromatic rings. The molecule has 5 rings (SSSR count). The first-order valence-electron chi connectivity index (χ1n) is 10.7. The third kappa shape index (κ3) is 3.77. The van der Waals surface area contributed by atoms with Crippen LogP contribution in [0.5, 0.6) is 0 Å². The maximum absolute atomic E-state index is 13.3. The van der Waals surface area contributed by atoms with Crippen molar-refractivity contribution in [2.75, 3.05) is 39.3 Å². The van der Waals surface area contributed by atoms with Crippen LogP contribution in [0.1, 0.15) is 23.2 Å². The molecule has 2 atom stereocenters. The molecule has 0 radical (unpaired) electrons. The molecule has 7 heteroatoms. The molecule has 1 fully saturated rings. The van der Waals surface area contributed by atoms with Crippen molar-refractivity contribution in [3.63, 3.8) is 0 Å². The molecule has 3 aromatic carbocycles. The molecule has 1 aliphatic carbocycles. The number of β-amino-alcohol motifs (C(OH)–C–C–N with tert-alkyl or cyclic N) is 1. The van der Waals surface area contributed by atoms with Crippen LogP contribution >= 0.6 is 0 Å². The highest BCUT2D eigenvalue weighted by molar-refractivity contribution is 7.89. The smallest absolute Gasteiger partial charge is 0.241 e. The lowest BCUT2D eigenvalue weighted by Crippen LogP contribution is -2.50. The molecule has 0 bridgehead atoms. The van der Waals surface area contributed by atoms with E-state index in [2.05, 4.69) is 38.8 Å². The first-order valence-corrected chi connectivity index (χ1v) is 12.2. The summed E-state index contributed by atoms with van der Waals surface area (Å²) in [6.07, 6.45) is 0. The molecule has 0 saturated carbocycles. The van der Waals surface area contributed by atoms with Gasteiger partial charge in [-0.1, -0.05) is 54.6 Å². The van der Waals surface area contributed by atoms with Gasteiger partial charge in [0, 0.05) is 32.7 Å². The molecule has 0 amide bonds. The van der Waals surface area contributed by atoms with Crippen LogP contribution < -0.4 is 4.72 Å². The van der Waals surface area contributed by atoms with E-state index in [0.29, 0.717) is 6.54 Å². The summed E-state index contributed by atoms with van der Waals surface area (Å²) in [5.41, 5.74) is 2.22. The van der Waals surface area contributed by atoms with Gasteiger partial charge in [-0.2, -0.15) is 0 Å². The van der Waals surface area contributed by atoms with Gasteiger partial charge in [-0.25, -0.2) is 13.1 Å². The van der Waals surface area contributed by atoms with Crippen LogP contribution in [0.25, 0.3) is 10.8 Å². The summed E-state index contributed by atoms with van der Waals surface area (Å²) in [6, 6.07) is 20.6. The van der Waals surface area contributed by atoms with Crippen LogP contribution in [0.15, 0.2) is 71.6 Å². The normalized spacial score (nSPS) is 22.2. The van der Waals surface area contributed by atoms with E-state index in [1.165, 1.54) is 5.56 Å².